The first kappa shape index (κ1) is 29.1. The third-order valence-corrected chi connectivity index (χ3v) is 5.77. The van der Waals surface area contributed by atoms with E-state index < -0.39 is 27.9 Å². The molecule has 0 bridgehead atoms. The topological polar surface area (TPSA) is 182 Å². The smallest absolute Gasteiger partial charge is 0.354 e. The van der Waals surface area contributed by atoms with Crippen LogP contribution in [0.25, 0.3) is 11.1 Å². The largest absolute Gasteiger partial charge is 0.456 e. The number of nitrogen functional groups attached to an aromatic ring is 1. The molecule has 3 rings (SSSR count). The molecule has 0 aliphatic heterocycles. The molecule has 206 valence electrons. The first-order valence-electron chi connectivity index (χ1n) is 11.8. The Balaban J connectivity index is 2.04. The molecule has 0 unspecified atom stereocenters. The van der Waals surface area contributed by atoms with E-state index in [2.05, 4.69) is 14.8 Å². The van der Waals surface area contributed by atoms with Gasteiger partial charge >= 0.3 is 16.1 Å². The van der Waals surface area contributed by atoms with E-state index >= 15 is 0 Å². The summed E-state index contributed by atoms with van der Waals surface area (Å²) in [6.45, 7) is 7.78. The first-order chi connectivity index (χ1) is 18.0. The highest BCUT2D eigenvalue weighted by molar-refractivity contribution is 7.86. The Morgan fingerprint density at radius 3 is 2.15 bits per heavy atom. The van der Waals surface area contributed by atoms with Crippen LogP contribution >= 0.6 is 0 Å². The lowest BCUT2D eigenvalue weighted by molar-refractivity contribution is 0.0748. The van der Waals surface area contributed by atoms with Crippen molar-refractivity contribution in [3.8, 4) is 11.1 Å². The number of amides is 2. The number of carbonyl (C=O) groups excluding carboxylic acids is 3. The van der Waals surface area contributed by atoms with Crippen molar-refractivity contribution < 1.29 is 31.4 Å². The predicted molar refractivity (Wildman–Crippen MR) is 146 cm³/mol. The van der Waals surface area contributed by atoms with Gasteiger partial charge in [0.05, 0.1) is 11.8 Å². The van der Waals surface area contributed by atoms with Gasteiger partial charge in [-0.25, -0.2) is 4.79 Å². The van der Waals surface area contributed by atoms with Gasteiger partial charge in [0.1, 0.15) is 11.6 Å². The molecule has 5 N–H and O–H groups in total. The van der Waals surface area contributed by atoms with Crippen LogP contribution in [-0.4, -0.2) is 44.8 Å². The number of furan rings is 1. The van der Waals surface area contributed by atoms with Crippen LogP contribution in [0.1, 0.15) is 63.4 Å². The first-order valence-corrected chi connectivity index (χ1v) is 13.6. The number of nitrogens with one attached hydrogen (secondary N) is 3. The Kier molecular flexibility index (Phi) is 8.30. The number of carbonyl (C=O) groups is 3. The van der Waals surface area contributed by atoms with Gasteiger partial charge in [-0.15, -0.1) is 0 Å². The molecule has 0 aliphatic rings. The highest BCUT2D eigenvalue weighted by Gasteiger charge is 2.26. The minimum atomic E-state index is -4.18. The second-order valence-corrected chi connectivity index (χ2v) is 11.7. The number of nitrogens with two attached hydrogens (primary N) is 1. The number of rotatable bonds is 8. The fourth-order valence-corrected chi connectivity index (χ4v) is 3.89. The van der Waals surface area contributed by atoms with E-state index in [1.807, 2.05) is 20.8 Å². The lowest BCUT2D eigenvalue weighted by atomic mass is 9.95. The zero-order valence-corrected chi connectivity index (χ0v) is 23.0. The van der Waals surface area contributed by atoms with Gasteiger partial charge in [0.15, 0.2) is 5.76 Å². The number of anilines is 1. The van der Waals surface area contributed by atoms with Crippen LogP contribution in [-0.2, 0) is 14.3 Å². The summed E-state index contributed by atoms with van der Waals surface area (Å²) in [6.07, 6.45) is 0.725. The van der Waals surface area contributed by atoms with Gasteiger partial charge in [0.25, 0.3) is 11.8 Å². The molecule has 3 aromatic rings. The summed E-state index contributed by atoms with van der Waals surface area (Å²) in [4.78, 5) is 38.8. The Labute approximate surface area is 226 Å². The fourth-order valence-electron chi connectivity index (χ4n) is 3.52. The second kappa shape index (κ2) is 11.1. The number of benzene rings is 2. The highest BCUT2D eigenvalue weighted by atomic mass is 32.2. The van der Waals surface area contributed by atoms with E-state index in [0.29, 0.717) is 23.6 Å². The van der Waals surface area contributed by atoms with Crippen LogP contribution in [0.4, 0.5) is 5.69 Å². The van der Waals surface area contributed by atoms with Crippen molar-refractivity contribution in [1.82, 2.24) is 5.32 Å². The highest BCUT2D eigenvalue weighted by Crippen LogP contribution is 2.32. The van der Waals surface area contributed by atoms with E-state index in [4.69, 9.17) is 15.6 Å². The molecule has 0 radical (unpaired) electrons. The van der Waals surface area contributed by atoms with Gasteiger partial charge in [0, 0.05) is 34.5 Å². The summed E-state index contributed by atoms with van der Waals surface area (Å²) >= 11 is 0. The molecular formula is C27H30N4O7S. The molecule has 0 atom stereocenters. The average molecular weight is 555 g/mol. The van der Waals surface area contributed by atoms with Gasteiger partial charge in [-0.3, -0.25) is 15.0 Å². The van der Waals surface area contributed by atoms with Crippen molar-refractivity contribution in [1.29, 1.82) is 5.41 Å². The van der Waals surface area contributed by atoms with Gasteiger partial charge in [-0.05, 0) is 54.8 Å². The summed E-state index contributed by atoms with van der Waals surface area (Å²) < 4.78 is 33.7. The molecule has 2 amide bonds. The van der Waals surface area contributed by atoms with Crippen molar-refractivity contribution in [3.63, 3.8) is 0 Å². The Morgan fingerprint density at radius 2 is 1.59 bits per heavy atom. The number of amidine groups is 1. The van der Waals surface area contributed by atoms with Gasteiger partial charge in [-0.2, -0.15) is 8.42 Å². The van der Waals surface area contributed by atoms with E-state index in [1.54, 1.807) is 31.2 Å². The lowest BCUT2D eigenvalue weighted by Gasteiger charge is -2.19. The Hall–Kier alpha value is -4.45. The van der Waals surface area contributed by atoms with Crippen LogP contribution in [0.5, 0.6) is 0 Å². The second-order valence-electron chi connectivity index (χ2n) is 10.1. The fraction of sp³-hybridized carbons (Fsp3) is 0.259. The normalized spacial score (nSPS) is 11.5. The van der Waals surface area contributed by atoms with E-state index in [9.17, 15) is 22.8 Å². The monoisotopic (exact) mass is 554 g/mol. The van der Waals surface area contributed by atoms with Crippen LogP contribution in [0.2, 0.25) is 0 Å². The summed E-state index contributed by atoms with van der Waals surface area (Å²) in [5.74, 6) is -2.27. The zero-order valence-electron chi connectivity index (χ0n) is 22.2. The minimum Gasteiger partial charge on any atom is -0.456 e. The third kappa shape index (κ3) is 7.77. The SMILES string of the molecule is Cc1cc(-c2ccc(C(=O)NCC(C)(C)C)cc2C(=O)OS(C)(=O)=O)c(C(=O)Nc2ccc(C(=N)N)cc2)o1. The van der Waals surface area contributed by atoms with E-state index in [-0.39, 0.29) is 39.3 Å². The maximum atomic E-state index is 13.2. The van der Waals surface area contributed by atoms with Crippen LogP contribution in [0.3, 0.4) is 0 Å². The molecule has 2 aromatic carbocycles. The van der Waals surface area contributed by atoms with Crippen LogP contribution < -0.4 is 16.4 Å². The van der Waals surface area contributed by atoms with Gasteiger partial charge < -0.3 is 25.0 Å². The summed E-state index contributed by atoms with van der Waals surface area (Å²) in [5.41, 5.74) is 6.31. The molecule has 1 heterocycles. The summed E-state index contributed by atoms with van der Waals surface area (Å²) in [5, 5.41) is 12.9. The maximum absolute atomic E-state index is 13.2. The Morgan fingerprint density at radius 1 is 0.974 bits per heavy atom. The predicted octanol–water partition coefficient (Wildman–Crippen LogP) is 3.68. The lowest BCUT2D eigenvalue weighted by Crippen LogP contribution is -2.32. The molecule has 0 fully saturated rings. The molecule has 11 nitrogen and oxygen atoms in total. The van der Waals surface area contributed by atoms with Gasteiger partial charge in [0.2, 0.25) is 0 Å². The molecule has 39 heavy (non-hydrogen) atoms. The maximum Gasteiger partial charge on any atom is 0.354 e. The zero-order chi connectivity index (χ0) is 29.1. The molecule has 1 aromatic heterocycles. The van der Waals surface area contributed by atoms with E-state index in [1.165, 1.54) is 24.3 Å². The van der Waals surface area contributed by atoms with Gasteiger partial charge in [-0.1, -0.05) is 26.8 Å². The summed E-state index contributed by atoms with van der Waals surface area (Å²) in [6, 6.07) is 11.9. The van der Waals surface area contributed by atoms with Crippen molar-refractivity contribution >= 4 is 39.4 Å². The molecule has 0 spiro atoms. The standard InChI is InChI=1S/C27H30N4O7S/c1-15-12-20(22(37-15)25(33)31-18-9-6-16(7-10-18)23(28)29)19-11-8-17(24(32)30-14-27(2,3)4)13-21(19)26(34)38-39(5,35)36/h6-13H,14H2,1-5H3,(H3,28,29)(H,30,32)(H,31,33). The molecular weight excluding hydrogens is 524 g/mol. The molecule has 0 saturated carbocycles. The van der Waals surface area contributed by atoms with Crippen LogP contribution in [0.15, 0.2) is 52.9 Å². The van der Waals surface area contributed by atoms with Crippen molar-refractivity contribution in [2.75, 3.05) is 18.1 Å². The number of hydrogen-bond donors (Lipinski definition) is 4. The van der Waals surface area contributed by atoms with Crippen molar-refractivity contribution in [3.05, 3.63) is 76.7 Å². The molecule has 0 aliphatic carbocycles. The summed E-state index contributed by atoms with van der Waals surface area (Å²) in [7, 11) is -4.18. The number of hydrogen-bond acceptors (Lipinski definition) is 8. The average Bonchev–Trinajstić information content (AvgIpc) is 3.22. The third-order valence-electron chi connectivity index (χ3n) is 5.31. The van der Waals surface area contributed by atoms with Crippen LogP contribution in [0, 0.1) is 17.7 Å². The van der Waals surface area contributed by atoms with Crippen molar-refractivity contribution in [2.24, 2.45) is 11.1 Å². The minimum absolute atomic E-state index is 0.0974. The van der Waals surface area contributed by atoms with E-state index in [0.717, 1.165) is 6.26 Å². The molecule has 0 saturated heterocycles. The number of aryl methyl sites for hydroxylation is 1. The molecule has 12 heteroatoms. The quantitative estimate of drug-likeness (QED) is 0.185. The van der Waals surface area contributed by atoms with Crippen molar-refractivity contribution in [2.45, 2.75) is 27.7 Å². The Bertz CT molecular complexity index is 1550.